The molecule has 21 heavy (non-hydrogen) atoms. The third-order valence-electron chi connectivity index (χ3n) is 4.28. The quantitative estimate of drug-likeness (QED) is 0.671. The molecule has 110 valence electrons. The summed E-state index contributed by atoms with van der Waals surface area (Å²) in [4.78, 5) is 22.5. The van der Waals surface area contributed by atoms with E-state index in [0.29, 0.717) is 5.25 Å². The fraction of sp³-hybridized carbons (Fsp3) is 0.500. The summed E-state index contributed by atoms with van der Waals surface area (Å²) in [6.07, 6.45) is 12.7. The van der Waals surface area contributed by atoms with Gasteiger partial charge in [-0.15, -0.1) is 11.3 Å². The summed E-state index contributed by atoms with van der Waals surface area (Å²) in [7, 11) is 0. The van der Waals surface area contributed by atoms with Crippen molar-refractivity contribution in [3.05, 3.63) is 32.9 Å². The molecule has 1 N–H and O–H groups in total. The smallest absolute Gasteiger partial charge is 0.260 e. The van der Waals surface area contributed by atoms with Gasteiger partial charge < -0.3 is 4.98 Å². The monoisotopic (exact) mass is 318 g/mol. The van der Waals surface area contributed by atoms with E-state index in [2.05, 4.69) is 17.1 Å². The average Bonchev–Trinajstić information content (AvgIpc) is 2.87. The molecule has 0 radical (unpaired) electrons. The number of hydrogen-bond donors (Lipinski definition) is 1. The minimum absolute atomic E-state index is 0.0571. The fourth-order valence-corrected chi connectivity index (χ4v) is 5.60. The number of aromatic nitrogens is 2. The van der Waals surface area contributed by atoms with Crippen LogP contribution in [0.4, 0.5) is 0 Å². The van der Waals surface area contributed by atoms with Crippen LogP contribution in [0.15, 0.2) is 22.1 Å². The number of allylic oxidation sites excluding steroid dienone is 1. The van der Waals surface area contributed by atoms with Crippen LogP contribution in [0, 0.1) is 0 Å². The number of hydrogen-bond acceptors (Lipinski definition) is 4. The van der Waals surface area contributed by atoms with E-state index in [1.165, 1.54) is 42.5 Å². The zero-order valence-corrected chi connectivity index (χ0v) is 13.5. The first-order chi connectivity index (χ1) is 10.3. The summed E-state index contributed by atoms with van der Waals surface area (Å²) in [5, 5.41) is 2.09. The van der Waals surface area contributed by atoms with Crippen molar-refractivity contribution in [2.75, 3.05) is 0 Å². The van der Waals surface area contributed by atoms with Gasteiger partial charge in [0.1, 0.15) is 4.83 Å². The van der Waals surface area contributed by atoms with E-state index in [-0.39, 0.29) is 5.56 Å². The maximum Gasteiger partial charge on any atom is 0.260 e. The first kappa shape index (κ1) is 13.6. The Morgan fingerprint density at radius 1 is 1.29 bits per heavy atom. The molecule has 2 aromatic heterocycles. The second-order valence-electron chi connectivity index (χ2n) is 5.78. The van der Waals surface area contributed by atoms with Crippen LogP contribution in [0.25, 0.3) is 10.2 Å². The fourth-order valence-electron chi connectivity index (χ4n) is 3.22. The Morgan fingerprint density at radius 2 is 2.19 bits per heavy atom. The number of aryl methyl sites for hydroxylation is 2. The SMILES string of the molecule is O=c1[nH]c(S[C@H]2C=CCCC2)nc2sc3c(c12)CCCC3. The minimum Gasteiger partial charge on any atom is -0.301 e. The van der Waals surface area contributed by atoms with E-state index in [4.69, 9.17) is 4.98 Å². The van der Waals surface area contributed by atoms with Gasteiger partial charge in [-0.05, 0) is 50.5 Å². The van der Waals surface area contributed by atoms with E-state index in [1.54, 1.807) is 23.1 Å². The van der Waals surface area contributed by atoms with Crippen molar-refractivity contribution in [2.45, 2.75) is 55.4 Å². The molecule has 0 aromatic carbocycles. The predicted molar refractivity (Wildman–Crippen MR) is 89.5 cm³/mol. The molecule has 1 atom stereocenters. The first-order valence-corrected chi connectivity index (χ1v) is 9.39. The lowest BCUT2D eigenvalue weighted by molar-refractivity contribution is 0.700. The molecule has 2 heterocycles. The molecule has 0 bridgehead atoms. The maximum absolute atomic E-state index is 12.5. The third-order valence-corrected chi connectivity index (χ3v) is 6.57. The van der Waals surface area contributed by atoms with Crippen molar-refractivity contribution in [1.29, 1.82) is 0 Å². The van der Waals surface area contributed by atoms with Crippen LogP contribution in [0.5, 0.6) is 0 Å². The summed E-state index contributed by atoms with van der Waals surface area (Å²) >= 11 is 3.42. The summed E-state index contributed by atoms with van der Waals surface area (Å²) < 4.78 is 0. The Balaban J connectivity index is 1.73. The van der Waals surface area contributed by atoms with E-state index < -0.39 is 0 Å². The van der Waals surface area contributed by atoms with Crippen LogP contribution in [0.2, 0.25) is 0 Å². The van der Waals surface area contributed by atoms with E-state index >= 15 is 0 Å². The highest BCUT2D eigenvalue weighted by atomic mass is 32.2. The highest BCUT2D eigenvalue weighted by Gasteiger charge is 2.20. The first-order valence-electron chi connectivity index (χ1n) is 7.69. The highest BCUT2D eigenvalue weighted by molar-refractivity contribution is 7.99. The zero-order chi connectivity index (χ0) is 14.2. The molecule has 0 amide bonds. The minimum atomic E-state index is 0.0571. The second kappa shape index (κ2) is 5.61. The van der Waals surface area contributed by atoms with E-state index in [9.17, 15) is 4.79 Å². The topological polar surface area (TPSA) is 45.8 Å². The van der Waals surface area contributed by atoms with Gasteiger partial charge in [0.25, 0.3) is 5.56 Å². The number of nitrogens with zero attached hydrogens (tertiary/aromatic N) is 1. The molecule has 2 aromatic rings. The number of thiophene rings is 1. The molecule has 5 heteroatoms. The van der Waals surface area contributed by atoms with Crippen molar-refractivity contribution in [2.24, 2.45) is 0 Å². The normalized spacial score (nSPS) is 21.6. The van der Waals surface area contributed by atoms with Crippen molar-refractivity contribution < 1.29 is 0 Å². The molecule has 0 spiro atoms. The number of fused-ring (bicyclic) bond motifs is 3. The Kier molecular flexibility index (Phi) is 3.63. The summed E-state index contributed by atoms with van der Waals surface area (Å²) in [5.74, 6) is 0. The van der Waals surface area contributed by atoms with Gasteiger partial charge in [-0.25, -0.2) is 4.98 Å². The van der Waals surface area contributed by atoms with Crippen LogP contribution in [-0.2, 0) is 12.8 Å². The molecule has 4 rings (SSSR count). The van der Waals surface area contributed by atoms with Gasteiger partial charge >= 0.3 is 0 Å². The van der Waals surface area contributed by atoms with E-state index in [0.717, 1.165) is 28.2 Å². The lowest BCUT2D eigenvalue weighted by atomic mass is 9.97. The van der Waals surface area contributed by atoms with Gasteiger partial charge in [-0.1, -0.05) is 23.9 Å². The highest BCUT2D eigenvalue weighted by Crippen LogP contribution is 2.35. The van der Waals surface area contributed by atoms with Crippen LogP contribution < -0.4 is 5.56 Å². The zero-order valence-electron chi connectivity index (χ0n) is 11.9. The second-order valence-corrected chi connectivity index (χ2v) is 8.09. The molecule has 0 unspecified atom stereocenters. The van der Waals surface area contributed by atoms with Crippen molar-refractivity contribution in [1.82, 2.24) is 9.97 Å². The van der Waals surface area contributed by atoms with Gasteiger partial charge in [-0.3, -0.25) is 4.79 Å². The van der Waals surface area contributed by atoms with Crippen molar-refractivity contribution >= 4 is 33.3 Å². The Hall–Kier alpha value is -1.07. The molecule has 0 fully saturated rings. The summed E-state index contributed by atoms with van der Waals surface area (Å²) in [5.41, 5.74) is 1.32. The molecule has 0 saturated carbocycles. The summed E-state index contributed by atoms with van der Waals surface area (Å²) in [6.45, 7) is 0. The van der Waals surface area contributed by atoms with Crippen LogP contribution in [0.1, 0.15) is 42.5 Å². The maximum atomic E-state index is 12.5. The molecule has 2 aliphatic rings. The number of rotatable bonds is 2. The van der Waals surface area contributed by atoms with Crippen LogP contribution in [-0.4, -0.2) is 15.2 Å². The molecular weight excluding hydrogens is 300 g/mol. The van der Waals surface area contributed by atoms with Gasteiger partial charge in [0.15, 0.2) is 5.16 Å². The summed E-state index contributed by atoms with van der Waals surface area (Å²) in [6, 6.07) is 0. The molecule has 0 saturated heterocycles. The van der Waals surface area contributed by atoms with Crippen molar-refractivity contribution in [3.8, 4) is 0 Å². The van der Waals surface area contributed by atoms with Gasteiger partial charge in [0.05, 0.1) is 5.39 Å². The predicted octanol–water partition coefficient (Wildman–Crippen LogP) is 4.06. The number of thioether (sulfide) groups is 1. The number of aromatic amines is 1. The van der Waals surface area contributed by atoms with Gasteiger partial charge in [0.2, 0.25) is 0 Å². The Morgan fingerprint density at radius 3 is 3.05 bits per heavy atom. The Labute approximate surface area is 131 Å². The van der Waals surface area contributed by atoms with E-state index in [1.807, 2.05) is 0 Å². The number of H-pyrrole nitrogens is 1. The Bertz CT molecular complexity index is 759. The lowest BCUT2D eigenvalue weighted by Gasteiger charge is -2.14. The molecule has 3 nitrogen and oxygen atoms in total. The average molecular weight is 318 g/mol. The standard InChI is InChI=1S/C16H18N2OS2/c19-14-13-11-8-4-5-9-12(11)21-15(13)18-16(17-14)20-10-6-2-1-3-7-10/h2,6,10H,1,3-5,7-9H2,(H,17,18,19)/t10-/m0/s1. The largest absolute Gasteiger partial charge is 0.301 e. The third kappa shape index (κ3) is 2.57. The molecule has 0 aliphatic heterocycles. The van der Waals surface area contributed by atoms with Gasteiger partial charge in [-0.2, -0.15) is 0 Å². The van der Waals surface area contributed by atoms with Crippen molar-refractivity contribution in [3.63, 3.8) is 0 Å². The number of nitrogens with one attached hydrogen (secondary N) is 1. The van der Waals surface area contributed by atoms with Gasteiger partial charge in [0, 0.05) is 10.1 Å². The molecular formula is C16H18N2OS2. The van der Waals surface area contributed by atoms with Crippen LogP contribution in [0.3, 0.4) is 0 Å². The molecule has 2 aliphatic carbocycles. The lowest BCUT2D eigenvalue weighted by Crippen LogP contribution is -2.12. The van der Waals surface area contributed by atoms with Crippen LogP contribution >= 0.6 is 23.1 Å².